The first-order valence-electron chi connectivity index (χ1n) is 7.78. The monoisotopic (exact) mass is 370 g/mol. The number of fused-ring (bicyclic) bond motifs is 1. The Bertz CT molecular complexity index is 862. The highest BCUT2D eigenvalue weighted by atomic mass is 32.2. The molecule has 25 heavy (non-hydrogen) atoms. The van der Waals surface area contributed by atoms with E-state index < -0.39 is 21.8 Å². The van der Waals surface area contributed by atoms with Gasteiger partial charge in [-0.15, -0.1) is 0 Å². The molecular formula is C17H17F3N2O2S. The fraction of sp³-hybridized carbons (Fsp3) is 0.294. The van der Waals surface area contributed by atoms with Crippen molar-refractivity contribution in [3.8, 4) is 0 Å². The van der Waals surface area contributed by atoms with Crippen molar-refractivity contribution in [2.24, 2.45) is 0 Å². The van der Waals surface area contributed by atoms with E-state index >= 15 is 0 Å². The summed E-state index contributed by atoms with van der Waals surface area (Å²) in [4.78, 5) is 0.105. The maximum absolute atomic E-state index is 12.6. The Balaban J connectivity index is 1.83. The number of sulfonamides is 1. The normalized spacial score (nSPS) is 15.3. The molecule has 0 saturated heterocycles. The number of hydrogen-bond acceptors (Lipinski definition) is 3. The highest BCUT2D eigenvalue weighted by molar-refractivity contribution is 7.92. The van der Waals surface area contributed by atoms with Gasteiger partial charge in [0.2, 0.25) is 0 Å². The van der Waals surface area contributed by atoms with Crippen LogP contribution >= 0.6 is 0 Å². The Morgan fingerprint density at radius 1 is 0.920 bits per heavy atom. The van der Waals surface area contributed by atoms with Gasteiger partial charge >= 0.3 is 6.18 Å². The van der Waals surface area contributed by atoms with Gasteiger partial charge in [-0.2, -0.15) is 13.2 Å². The molecule has 0 amide bonds. The van der Waals surface area contributed by atoms with Crippen LogP contribution in [0.3, 0.4) is 0 Å². The Hall–Kier alpha value is -2.06. The Morgan fingerprint density at radius 3 is 2.20 bits per heavy atom. The molecule has 134 valence electrons. The van der Waals surface area contributed by atoms with E-state index in [1.807, 2.05) is 0 Å². The van der Waals surface area contributed by atoms with Crippen LogP contribution in [0.25, 0.3) is 0 Å². The molecule has 0 saturated carbocycles. The lowest BCUT2D eigenvalue weighted by molar-refractivity contribution is -0.137. The summed E-state index contributed by atoms with van der Waals surface area (Å²) >= 11 is 0. The first-order chi connectivity index (χ1) is 11.8. The van der Waals surface area contributed by atoms with Crippen LogP contribution in [0, 0.1) is 0 Å². The molecule has 0 radical (unpaired) electrons. The van der Waals surface area contributed by atoms with Gasteiger partial charge in [0.25, 0.3) is 10.0 Å². The standard InChI is InChI=1S/C17H17F3N2O2S/c18-17(19,20)14-2-4-15(5-3-14)22-25(23,24)16-6-1-12-7-9-21-10-8-13(12)11-16/h1-6,11,21-22H,7-10H2. The third kappa shape index (κ3) is 4.13. The second kappa shape index (κ2) is 6.68. The molecule has 1 aliphatic rings. The molecule has 0 aliphatic carbocycles. The van der Waals surface area contributed by atoms with Gasteiger partial charge in [0.15, 0.2) is 0 Å². The number of alkyl halides is 3. The van der Waals surface area contributed by atoms with Crippen LogP contribution in [0.5, 0.6) is 0 Å². The topological polar surface area (TPSA) is 58.2 Å². The fourth-order valence-corrected chi connectivity index (χ4v) is 3.87. The third-order valence-electron chi connectivity index (χ3n) is 4.09. The summed E-state index contributed by atoms with van der Waals surface area (Å²) in [6.07, 6.45) is -2.89. The van der Waals surface area contributed by atoms with Crippen LogP contribution in [0.15, 0.2) is 47.4 Å². The van der Waals surface area contributed by atoms with Crippen LogP contribution in [0.4, 0.5) is 18.9 Å². The van der Waals surface area contributed by atoms with Crippen molar-refractivity contribution in [3.05, 3.63) is 59.2 Å². The van der Waals surface area contributed by atoms with Crippen LogP contribution in [0.1, 0.15) is 16.7 Å². The largest absolute Gasteiger partial charge is 0.416 e. The molecule has 0 atom stereocenters. The number of hydrogen-bond donors (Lipinski definition) is 2. The van der Waals surface area contributed by atoms with Crippen LogP contribution in [0.2, 0.25) is 0 Å². The predicted octanol–water partition coefficient (Wildman–Crippen LogP) is 3.19. The molecule has 0 spiro atoms. The number of nitrogens with one attached hydrogen (secondary N) is 2. The van der Waals surface area contributed by atoms with E-state index in [1.54, 1.807) is 12.1 Å². The molecule has 0 bridgehead atoms. The van der Waals surface area contributed by atoms with Crippen LogP contribution < -0.4 is 10.0 Å². The molecule has 4 nitrogen and oxygen atoms in total. The quantitative estimate of drug-likeness (QED) is 0.872. The second-order valence-electron chi connectivity index (χ2n) is 5.86. The molecule has 0 fully saturated rings. The molecule has 1 aliphatic heterocycles. The van der Waals surface area contributed by atoms with E-state index in [2.05, 4.69) is 10.0 Å². The summed E-state index contributed by atoms with van der Waals surface area (Å²) in [5, 5.41) is 3.25. The molecule has 2 N–H and O–H groups in total. The minimum Gasteiger partial charge on any atom is -0.316 e. The number of rotatable bonds is 3. The Labute approximate surface area is 144 Å². The smallest absolute Gasteiger partial charge is 0.316 e. The van der Waals surface area contributed by atoms with E-state index in [0.717, 1.165) is 61.3 Å². The Morgan fingerprint density at radius 2 is 1.56 bits per heavy atom. The van der Waals surface area contributed by atoms with Gasteiger partial charge in [-0.05, 0) is 73.5 Å². The molecule has 0 unspecified atom stereocenters. The van der Waals surface area contributed by atoms with E-state index in [9.17, 15) is 21.6 Å². The van der Waals surface area contributed by atoms with Gasteiger partial charge in [-0.1, -0.05) is 6.07 Å². The average Bonchev–Trinajstić information content (AvgIpc) is 2.78. The van der Waals surface area contributed by atoms with Gasteiger partial charge < -0.3 is 5.32 Å². The van der Waals surface area contributed by atoms with E-state index in [1.165, 1.54) is 6.07 Å². The number of halogens is 3. The van der Waals surface area contributed by atoms with Crippen molar-refractivity contribution in [1.82, 2.24) is 5.32 Å². The molecule has 3 rings (SSSR count). The van der Waals surface area contributed by atoms with Crippen molar-refractivity contribution in [1.29, 1.82) is 0 Å². The molecular weight excluding hydrogens is 353 g/mol. The zero-order valence-corrected chi connectivity index (χ0v) is 14.0. The lowest BCUT2D eigenvalue weighted by Gasteiger charge is -2.12. The highest BCUT2D eigenvalue weighted by Crippen LogP contribution is 2.30. The fourth-order valence-electron chi connectivity index (χ4n) is 2.76. The van der Waals surface area contributed by atoms with Crippen LogP contribution in [-0.4, -0.2) is 21.5 Å². The minimum absolute atomic E-state index is 0.0876. The van der Waals surface area contributed by atoms with Crippen molar-refractivity contribution in [2.75, 3.05) is 17.8 Å². The number of anilines is 1. The van der Waals surface area contributed by atoms with E-state index in [0.29, 0.717) is 0 Å². The minimum atomic E-state index is -4.46. The van der Waals surface area contributed by atoms with Gasteiger partial charge in [0.05, 0.1) is 10.5 Å². The summed E-state index contributed by atoms with van der Waals surface area (Å²) in [7, 11) is -3.86. The van der Waals surface area contributed by atoms with Gasteiger partial charge in [0, 0.05) is 5.69 Å². The molecule has 8 heteroatoms. The van der Waals surface area contributed by atoms with E-state index in [-0.39, 0.29) is 10.6 Å². The van der Waals surface area contributed by atoms with Gasteiger partial charge in [-0.25, -0.2) is 8.42 Å². The molecule has 2 aromatic rings. The average molecular weight is 370 g/mol. The summed E-state index contributed by atoms with van der Waals surface area (Å²) in [6.45, 7) is 1.63. The van der Waals surface area contributed by atoms with E-state index in [4.69, 9.17) is 0 Å². The van der Waals surface area contributed by atoms with Crippen molar-refractivity contribution in [2.45, 2.75) is 23.9 Å². The molecule has 2 aromatic carbocycles. The summed E-state index contributed by atoms with van der Waals surface area (Å²) < 4.78 is 65.1. The maximum atomic E-state index is 12.6. The van der Waals surface area contributed by atoms with Gasteiger partial charge in [0.1, 0.15) is 0 Å². The summed E-state index contributed by atoms with van der Waals surface area (Å²) in [6, 6.07) is 8.86. The van der Waals surface area contributed by atoms with Crippen molar-refractivity contribution < 1.29 is 21.6 Å². The number of benzene rings is 2. The molecule has 1 heterocycles. The summed E-state index contributed by atoms with van der Waals surface area (Å²) in [5.41, 5.74) is 1.34. The first kappa shape index (κ1) is 17.8. The SMILES string of the molecule is O=S(=O)(Nc1ccc(C(F)(F)F)cc1)c1ccc2c(c1)CCNCC2. The zero-order chi connectivity index (χ0) is 18.1. The summed E-state index contributed by atoms with van der Waals surface area (Å²) in [5.74, 6) is 0. The lowest BCUT2D eigenvalue weighted by Crippen LogP contribution is -2.16. The highest BCUT2D eigenvalue weighted by Gasteiger charge is 2.30. The Kier molecular flexibility index (Phi) is 4.75. The molecule has 0 aromatic heterocycles. The lowest BCUT2D eigenvalue weighted by atomic mass is 10.0. The maximum Gasteiger partial charge on any atom is 0.416 e. The second-order valence-corrected chi connectivity index (χ2v) is 7.54. The van der Waals surface area contributed by atoms with Crippen LogP contribution in [-0.2, 0) is 29.0 Å². The van der Waals surface area contributed by atoms with Gasteiger partial charge in [-0.3, -0.25) is 4.72 Å². The first-order valence-corrected chi connectivity index (χ1v) is 9.27. The third-order valence-corrected chi connectivity index (χ3v) is 5.47. The van der Waals surface area contributed by atoms with Crippen molar-refractivity contribution in [3.63, 3.8) is 0 Å². The zero-order valence-electron chi connectivity index (χ0n) is 13.2. The predicted molar refractivity (Wildman–Crippen MR) is 89.0 cm³/mol. The van der Waals surface area contributed by atoms with Crippen molar-refractivity contribution >= 4 is 15.7 Å².